The fraction of sp³-hybridized carbons (Fsp3) is 0.647. The highest BCUT2D eigenvalue weighted by atomic mass is 79.9. The largest absolute Gasteiger partial charge is 0.494 e. The highest BCUT2D eigenvalue weighted by Crippen LogP contribution is 2.43. The summed E-state index contributed by atoms with van der Waals surface area (Å²) >= 11 is 3.64. The van der Waals surface area contributed by atoms with Crippen LogP contribution in [0.5, 0.6) is 5.75 Å². The van der Waals surface area contributed by atoms with E-state index in [1.165, 1.54) is 24.8 Å². The van der Waals surface area contributed by atoms with Crippen LogP contribution in [-0.4, -0.2) is 37.7 Å². The number of rotatable bonds is 6. The monoisotopic (exact) mass is 352 g/mol. The van der Waals surface area contributed by atoms with Crippen LogP contribution in [0.25, 0.3) is 0 Å². The van der Waals surface area contributed by atoms with Crippen molar-refractivity contribution in [2.45, 2.75) is 32.2 Å². The Morgan fingerprint density at radius 2 is 2.10 bits per heavy atom. The van der Waals surface area contributed by atoms with Gasteiger partial charge in [0.05, 0.1) is 6.61 Å². The summed E-state index contributed by atoms with van der Waals surface area (Å²) in [5, 5.41) is 3.46. The van der Waals surface area contributed by atoms with Crippen LogP contribution < -0.4 is 10.1 Å². The van der Waals surface area contributed by atoms with Gasteiger partial charge in [0.1, 0.15) is 5.75 Å². The van der Waals surface area contributed by atoms with Crippen molar-refractivity contribution in [2.24, 2.45) is 5.92 Å². The minimum atomic E-state index is 0.499. The molecule has 21 heavy (non-hydrogen) atoms. The molecule has 1 aliphatic carbocycles. The molecule has 2 aliphatic rings. The van der Waals surface area contributed by atoms with Gasteiger partial charge in [-0.15, -0.1) is 0 Å². The number of hydrogen-bond acceptors (Lipinski definition) is 3. The van der Waals surface area contributed by atoms with E-state index in [2.05, 4.69) is 51.3 Å². The molecule has 1 atom stereocenters. The summed E-state index contributed by atoms with van der Waals surface area (Å²) in [6, 6.07) is 6.96. The van der Waals surface area contributed by atoms with Gasteiger partial charge >= 0.3 is 0 Å². The average molecular weight is 353 g/mol. The molecule has 0 radical (unpaired) electrons. The summed E-state index contributed by atoms with van der Waals surface area (Å²) in [6.45, 7) is 7.25. The van der Waals surface area contributed by atoms with Gasteiger partial charge in [0.25, 0.3) is 0 Å². The van der Waals surface area contributed by atoms with Crippen molar-refractivity contribution in [3.8, 4) is 5.75 Å². The molecule has 0 aromatic heterocycles. The third-order valence-corrected chi connectivity index (χ3v) is 4.97. The van der Waals surface area contributed by atoms with Crippen LogP contribution in [0.3, 0.4) is 0 Å². The molecule has 1 N–H and O–H groups in total. The van der Waals surface area contributed by atoms with Crippen LogP contribution in [0.2, 0.25) is 0 Å². The molecule has 4 heteroatoms. The van der Waals surface area contributed by atoms with Crippen molar-refractivity contribution in [1.29, 1.82) is 0 Å². The maximum absolute atomic E-state index is 5.90. The van der Waals surface area contributed by atoms with Crippen LogP contribution >= 0.6 is 15.9 Å². The Morgan fingerprint density at radius 1 is 1.33 bits per heavy atom. The SMILES string of the molecule is CCOc1ccc(Br)cc1[C@H](CC1CC1)N1CCNCC1. The first-order chi connectivity index (χ1) is 10.3. The Hall–Kier alpha value is -0.580. The van der Waals surface area contributed by atoms with E-state index in [-0.39, 0.29) is 0 Å². The van der Waals surface area contributed by atoms with Crippen molar-refractivity contribution >= 4 is 15.9 Å². The molecule has 1 aromatic carbocycles. The molecule has 3 nitrogen and oxygen atoms in total. The zero-order chi connectivity index (χ0) is 14.7. The first kappa shape index (κ1) is 15.3. The molecule has 1 heterocycles. The van der Waals surface area contributed by atoms with Gasteiger partial charge in [-0.2, -0.15) is 0 Å². The first-order valence-corrected chi connectivity index (χ1v) is 8.94. The third-order valence-electron chi connectivity index (χ3n) is 4.48. The molecule has 0 unspecified atom stereocenters. The van der Waals surface area contributed by atoms with Crippen LogP contribution in [0.1, 0.15) is 37.8 Å². The van der Waals surface area contributed by atoms with Crippen LogP contribution in [0.4, 0.5) is 0 Å². The summed E-state index contributed by atoms with van der Waals surface area (Å²) in [6.07, 6.45) is 4.08. The topological polar surface area (TPSA) is 24.5 Å². The molecular weight excluding hydrogens is 328 g/mol. The molecule has 1 saturated carbocycles. The van der Waals surface area contributed by atoms with Gasteiger partial charge in [-0.3, -0.25) is 4.90 Å². The van der Waals surface area contributed by atoms with E-state index < -0.39 is 0 Å². The van der Waals surface area contributed by atoms with Crippen LogP contribution in [0, 0.1) is 5.92 Å². The van der Waals surface area contributed by atoms with Gasteiger partial charge in [0.15, 0.2) is 0 Å². The zero-order valence-corrected chi connectivity index (χ0v) is 14.4. The van der Waals surface area contributed by atoms with E-state index in [4.69, 9.17) is 4.74 Å². The van der Waals surface area contributed by atoms with Crippen molar-refractivity contribution in [1.82, 2.24) is 10.2 Å². The van der Waals surface area contributed by atoms with Crippen molar-refractivity contribution in [3.05, 3.63) is 28.2 Å². The standard InChI is InChI=1S/C17H25BrN2O/c1-2-21-17-6-5-14(18)12-15(17)16(11-13-3-4-13)20-9-7-19-8-10-20/h5-6,12-13,16,19H,2-4,7-11H2,1H3/t16-/m0/s1. The quantitative estimate of drug-likeness (QED) is 0.846. The summed E-state index contributed by atoms with van der Waals surface area (Å²) in [7, 11) is 0. The fourth-order valence-electron chi connectivity index (χ4n) is 3.20. The Balaban J connectivity index is 1.88. The molecule has 0 amide bonds. The third kappa shape index (κ3) is 3.99. The zero-order valence-electron chi connectivity index (χ0n) is 12.8. The molecule has 3 rings (SSSR count). The molecule has 2 fully saturated rings. The second-order valence-corrected chi connectivity index (χ2v) is 7.01. The van der Waals surface area contributed by atoms with Gasteiger partial charge in [-0.05, 0) is 37.5 Å². The predicted molar refractivity (Wildman–Crippen MR) is 89.8 cm³/mol. The Kier molecular flexibility index (Phi) is 5.19. The minimum Gasteiger partial charge on any atom is -0.494 e. The van der Waals surface area contributed by atoms with Gasteiger partial charge < -0.3 is 10.1 Å². The summed E-state index contributed by atoms with van der Waals surface area (Å²) in [5.74, 6) is 1.98. The second-order valence-electron chi connectivity index (χ2n) is 6.10. The van der Waals surface area contributed by atoms with E-state index in [1.807, 2.05) is 0 Å². The van der Waals surface area contributed by atoms with Gasteiger partial charge in [-0.1, -0.05) is 28.8 Å². The fourth-order valence-corrected chi connectivity index (χ4v) is 3.58. The lowest BCUT2D eigenvalue weighted by atomic mass is 9.97. The molecule has 0 spiro atoms. The number of ether oxygens (including phenoxy) is 1. The molecule has 1 aliphatic heterocycles. The number of nitrogens with zero attached hydrogens (tertiary/aromatic N) is 1. The van der Waals surface area contributed by atoms with Crippen molar-refractivity contribution < 1.29 is 4.74 Å². The van der Waals surface area contributed by atoms with E-state index in [0.29, 0.717) is 6.04 Å². The highest BCUT2D eigenvalue weighted by Gasteiger charge is 2.32. The predicted octanol–water partition coefficient (Wildman–Crippen LogP) is 3.59. The van der Waals surface area contributed by atoms with E-state index in [1.54, 1.807) is 0 Å². The number of benzene rings is 1. The van der Waals surface area contributed by atoms with Crippen LogP contribution in [0.15, 0.2) is 22.7 Å². The Morgan fingerprint density at radius 3 is 2.76 bits per heavy atom. The summed E-state index contributed by atoms with van der Waals surface area (Å²) < 4.78 is 7.05. The highest BCUT2D eigenvalue weighted by molar-refractivity contribution is 9.10. The van der Waals surface area contributed by atoms with E-state index >= 15 is 0 Å². The smallest absolute Gasteiger partial charge is 0.124 e. The Bertz CT molecular complexity index is 470. The Labute approximate surface area is 136 Å². The average Bonchev–Trinajstić information content (AvgIpc) is 3.32. The summed E-state index contributed by atoms with van der Waals surface area (Å²) in [4.78, 5) is 2.64. The van der Waals surface area contributed by atoms with Gasteiger partial charge in [0, 0.05) is 42.3 Å². The summed E-state index contributed by atoms with van der Waals surface area (Å²) in [5.41, 5.74) is 1.36. The minimum absolute atomic E-state index is 0.499. The van der Waals surface area contributed by atoms with Gasteiger partial charge in [-0.25, -0.2) is 0 Å². The number of hydrogen-bond donors (Lipinski definition) is 1. The molecule has 1 saturated heterocycles. The van der Waals surface area contributed by atoms with E-state index in [9.17, 15) is 0 Å². The molecule has 116 valence electrons. The lowest BCUT2D eigenvalue weighted by Crippen LogP contribution is -2.45. The van der Waals surface area contributed by atoms with E-state index in [0.717, 1.165) is 48.9 Å². The second kappa shape index (κ2) is 7.12. The number of nitrogens with one attached hydrogen (secondary N) is 1. The molecule has 1 aromatic rings. The lowest BCUT2D eigenvalue weighted by molar-refractivity contribution is 0.157. The van der Waals surface area contributed by atoms with Crippen molar-refractivity contribution in [2.75, 3.05) is 32.8 Å². The number of piperazine rings is 1. The first-order valence-electron chi connectivity index (χ1n) is 8.15. The molecular formula is C17H25BrN2O. The molecule has 0 bridgehead atoms. The van der Waals surface area contributed by atoms with Crippen molar-refractivity contribution in [3.63, 3.8) is 0 Å². The lowest BCUT2D eigenvalue weighted by Gasteiger charge is -2.36. The normalized spacial score (nSPS) is 21.2. The number of halogens is 1. The maximum Gasteiger partial charge on any atom is 0.124 e. The van der Waals surface area contributed by atoms with Crippen LogP contribution in [-0.2, 0) is 0 Å². The maximum atomic E-state index is 5.90. The van der Waals surface area contributed by atoms with Gasteiger partial charge in [0.2, 0.25) is 0 Å².